The molecular weight excluding hydrogens is 1190 g/mol. The van der Waals surface area contributed by atoms with E-state index in [9.17, 15) is 48.6 Å². The monoisotopic (exact) mass is 1310 g/mol. The number of nitrogens with one attached hydrogen (secondary N) is 4. The molecular formula is C66H119N11O15. The van der Waals surface area contributed by atoms with Crippen LogP contribution in [0.25, 0.3) is 0 Å². The molecule has 0 spiro atoms. The van der Waals surface area contributed by atoms with Gasteiger partial charge in [0.1, 0.15) is 54.4 Å². The molecule has 0 radical (unpaired) electrons. The van der Waals surface area contributed by atoms with Crippen molar-refractivity contribution in [2.75, 3.05) is 75.6 Å². The zero-order chi connectivity index (χ0) is 70.8. The second-order valence-corrected chi connectivity index (χ2v) is 28.9. The summed E-state index contributed by atoms with van der Waals surface area (Å²) in [5.74, 6) is -11.6. The molecule has 6 N–H and O–H groups in total. The van der Waals surface area contributed by atoms with Crippen LogP contribution in [0.5, 0.6) is 0 Å². The lowest BCUT2D eigenvalue weighted by Gasteiger charge is -2.41. The van der Waals surface area contributed by atoms with Gasteiger partial charge in [-0.2, -0.15) is 0 Å². The number of esters is 1. The second kappa shape index (κ2) is 37.2. The smallest absolute Gasteiger partial charge is 0.329 e. The lowest BCUT2D eigenvalue weighted by atomic mass is 9.91. The molecule has 26 nitrogen and oxygen atoms in total. The zero-order valence-corrected chi connectivity index (χ0v) is 60.0. The Hall–Kier alpha value is -5.99. The molecule has 13 atom stereocenters. The van der Waals surface area contributed by atoms with Crippen molar-refractivity contribution in [2.45, 2.75) is 235 Å². The van der Waals surface area contributed by atoms with Crippen molar-refractivity contribution in [3.8, 4) is 0 Å². The van der Waals surface area contributed by atoms with E-state index in [-0.39, 0.29) is 67.8 Å². The predicted octanol–water partition coefficient (Wildman–Crippen LogP) is 2.11. The minimum atomic E-state index is -1.76. The van der Waals surface area contributed by atoms with Crippen LogP contribution in [0.2, 0.25) is 0 Å². The molecule has 2 aliphatic heterocycles. The predicted molar refractivity (Wildman–Crippen MR) is 349 cm³/mol. The summed E-state index contributed by atoms with van der Waals surface area (Å²) in [5.41, 5.74) is 0. The Morgan fingerprint density at radius 1 is 0.489 bits per heavy atom. The minimum Gasteiger partial charge on any atom is -0.450 e. The lowest BCUT2D eigenvalue weighted by molar-refractivity contribution is -0.166. The van der Waals surface area contributed by atoms with Crippen molar-refractivity contribution in [2.24, 2.45) is 47.3 Å². The van der Waals surface area contributed by atoms with Crippen LogP contribution in [0, 0.1) is 47.3 Å². The first-order chi connectivity index (χ1) is 42.5. The van der Waals surface area contributed by atoms with Crippen molar-refractivity contribution in [3.63, 3.8) is 0 Å². The number of ether oxygens (including phenoxy) is 2. The van der Waals surface area contributed by atoms with E-state index in [1.165, 1.54) is 70.8 Å². The summed E-state index contributed by atoms with van der Waals surface area (Å²) in [6.07, 6.45) is -3.77. The van der Waals surface area contributed by atoms with E-state index in [0.717, 1.165) is 14.7 Å². The molecule has 10 amide bonds. The number of hydrogen-bond acceptors (Lipinski definition) is 16. The molecule has 0 aromatic carbocycles. The van der Waals surface area contributed by atoms with Crippen LogP contribution in [0.4, 0.5) is 0 Å². The minimum absolute atomic E-state index is 0.0373. The normalized spacial score (nSPS) is 27.2. The van der Waals surface area contributed by atoms with Crippen LogP contribution in [0.3, 0.4) is 0 Å². The summed E-state index contributed by atoms with van der Waals surface area (Å²) in [6.45, 7) is 30.6. The van der Waals surface area contributed by atoms with E-state index < -0.39 is 162 Å². The molecule has 92 heavy (non-hydrogen) atoms. The highest BCUT2D eigenvalue weighted by Gasteiger charge is 2.46. The fourth-order valence-corrected chi connectivity index (χ4v) is 11.7. The zero-order valence-electron chi connectivity index (χ0n) is 60.0. The third kappa shape index (κ3) is 23.5. The fraction of sp³-hybridized carbons (Fsp3) is 0.833. The van der Waals surface area contributed by atoms with Crippen LogP contribution in [0.15, 0.2) is 0 Å². The summed E-state index contributed by atoms with van der Waals surface area (Å²) < 4.78 is 11.3. The number of likely N-dealkylation sites (N-methyl/N-ethyl adjacent to an activating group) is 6. The highest BCUT2D eigenvalue weighted by Crippen LogP contribution is 2.26. The summed E-state index contributed by atoms with van der Waals surface area (Å²) in [6, 6.07) is -12.3. The number of carbonyl (C=O) groups is 11. The van der Waals surface area contributed by atoms with Crippen molar-refractivity contribution in [1.82, 2.24) is 55.6 Å². The van der Waals surface area contributed by atoms with E-state index in [1.54, 1.807) is 41.7 Å². The van der Waals surface area contributed by atoms with Gasteiger partial charge in [-0.3, -0.25) is 52.8 Å². The number of aliphatic hydroxyl groups is 2. The van der Waals surface area contributed by atoms with Gasteiger partial charge in [0, 0.05) is 62.5 Å². The van der Waals surface area contributed by atoms with Gasteiger partial charge in [0.2, 0.25) is 53.2 Å². The number of cyclic esters (lactones) is 1. The van der Waals surface area contributed by atoms with Gasteiger partial charge < -0.3 is 70.4 Å². The Morgan fingerprint density at radius 3 is 1.32 bits per heavy atom. The highest BCUT2D eigenvalue weighted by molar-refractivity contribution is 5.99. The third-order valence-electron chi connectivity index (χ3n) is 17.5. The van der Waals surface area contributed by atoms with Gasteiger partial charge in [-0.15, -0.1) is 0 Å². The molecule has 2 rings (SSSR count). The molecule has 0 aliphatic carbocycles. The Bertz CT molecular complexity index is 2490. The Kier molecular flexibility index (Phi) is 33.2. The maximum absolute atomic E-state index is 15.3. The van der Waals surface area contributed by atoms with Gasteiger partial charge in [0.25, 0.3) is 5.91 Å². The summed E-state index contributed by atoms with van der Waals surface area (Å²) in [4.78, 5) is 171. The molecule has 2 saturated heterocycles. The lowest BCUT2D eigenvalue weighted by Crippen LogP contribution is -2.64. The van der Waals surface area contributed by atoms with E-state index in [2.05, 4.69) is 26.2 Å². The van der Waals surface area contributed by atoms with Gasteiger partial charge in [-0.1, -0.05) is 104 Å². The average Bonchev–Trinajstić information content (AvgIpc) is 1.81. The van der Waals surface area contributed by atoms with Crippen molar-refractivity contribution in [3.05, 3.63) is 0 Å². The van der Waals surface area contributed by atoms with E-state index in [1.807, 2.05) is 69.2 Å². The SMILES string of the molecule is COC1CN(CC[C@@H](C)[C@@H](O)[C@@H]2C(=O)N[C@H]([C@@H](C)O)C(=O)N(C)CC(=O)N(C)[C@@H](CC(C)C)C(=O)N[C@H](CC(C)C)C(=O)N(C)[C@H](CC(C)C)C(=O)N[C@H](C)C(=O)O[C@@H](C(C)C)C(=O)N(C)[C@H](CC(C)C)C(=O)N[C@H](CC(C)C)C(=O)N(C)[C@H](C(C)C)C(=O)N2C)C1. The maximum atomic E-state index is 15.3. The van der Waals surface area contributed by atoms with Crippen molar-refractivity contribution >= 4 is 65.0 Å². The van der Waals surface area contributed by atoms with Gasteiger partial charge in [0.05, 0.1) is 24.9 Å². The molecule has 0 bridgehead atoms. The van der Waals surface area contributed by atoms with Gasteiger partial charge >= 0.3 is 5.97 Å². The molecule has 2 heterocycles. The van der Waals surface area contributed by atoms with Crippen LogP contribution in [-0.2, 0) is 62.2 Å². The summed E-state index contributed by atoms with van der Waals surface area (Å²) in [7, 11) is 9.78. The molecule has 0 unspecified atom stereocenters. The quantitative estimate of drug-likeness (QED) is 0.101. The largest absolute Gasteiger partial charge is 0.450 e. The maximum Gasteiger partial charge on any atom is 0.329 e. The third-order valence-corrected chi connectivity index (χ3v) is 17.5. The summed E-state index contributed by atoms with van der Waals surface area (Å²) in [5, 5.41) is 34.7. The second-order valence-electron chi connectivity index (χ2n) is 28.9. The Balaban J connectivity index is 3.02. The first kappa shape index (κ1) is 82.1. The number of methoxy groups -OCH3 is 1. The van der Waals surface area contributed by atoms with E-state index >= 15 is 14.4 Å². The fourth-order valence-electron chi connectivity index (χ4n) is 11.7. The molecule has 26 heteroatoms. The number of hydrogen-bond donors (Lipinski definition) is 6. The van der Waals surface area contributed by atoms with Gasteiger partial charge in [0.15, 0.2) is 6.10 Å². The van der Waals surface area contributed by atoms with Crippen LogP contribution < -0.4 is 21.3 Å². The number of rotatable bonds is 19. The Morgan fingerprint density at radius 2 is 0.902 bits per heavy atom. The topological polar surface area (TPSA) is 317 Å². The van der Waals surface area contributed by atoms with Crippen LogP contribution in [0.1, 0.15) is 156 Å². The molecule has 2 fully saturated rings. The first-order valence-electron chi connectivity index (χ1n) is 33.1. The number of likely N-dealkylation sites (tertiary alicyclic amines) is 1. The molecule has 0 aromatic heterocycles. The highest BCUT2D eigenvalue weighted by atomic mass is 16.6. The van der Waals surface area contributed by atoms with E-state index in [4.69, 9.17) is 9.47 Å². The summed E-state index contributed by atoms with van der Waals surface area (Å²) >= 11 is 0. The molecule has 0 saturated carbocycles. The van der Waals surface area contributed by atoms with Crippen LogP contribution >= 0.6 is 0 Å². The van der Waals surface area contributed by atoms with Gasteiger partial charge in [-0.05, 0) is 106 Å². The van der Waals surface area contributed by atoms with Crippen LogP contribution in [-0.4, -0.2) is 264 Å². The average molecular weight is 1310 g/mol. The molecule has 528 valence electrons. The Labute approximate surface area is 549 Å². The van der Waals surface area contributed by atoms with Gasteiger partial charge in [-0.25, -0.2) is 4.79 Å². The van der Waals surface area contributed by atoms with Crippen molar-refractivity contribution < 1.29 is 72.4 Å². The number of nitrogens with zero attached hydrogens (tertiary/aromatic N) is 7. The molecule has 0 aromatic rings. The number of amides is 10. The molecule has 2 aliphatic rings. The van der Waals surface area contributed by atoms with E-state index in [0.29, 0.717) is 26.1 Å². The number of aliphatic hydroxyl groups excluding tert-OH is 2. The number of carbonyl (C=O) groups excluding carboxylic acids is 11. The standard InChI is InChI=1S/C66H119N11O15/c1-35(2)27-46-61(85)73(20)49(30-38(7)8)57(81)67-43(16)66(90)92-56(41(13)14)65(89)74(21)50(31-39(9)10)59(83)69-47(28-36(3)4)62(86)75(22)53(40(11)12)64(88)76(23)54(55(80)42(15)25-26-77-32-45(33-77)91-24)60(84)70-52(44(17)78)63(87)71(18)34-51(79)72(19)48(29-37(5)6)58(82)68-46/h35-50,52-56,78,80H,25-34H2,1-24H3,(H,67,81)(H,68,82)(H,69,83)(H,70,84)/t42-,43-,44-,46-,47-,48+,49-,50-,52-,53-,54-,55-,56+/m1/s1. The first-order valence-corrected chi connectivity index (χ1v) is 33.1. The van der Waals surface area contributed by atoms with Crippen molar-refractivity contribution in [1.29, 1.82) is 0 Å².